The van der Waals surface area contributed by atoms with Gasteiger partial charge in [0.15, 0.2) is 0 Å². The van der Waals surface area contributed by atoms with Gasteiger partial charge >= 0.3 is 12.0 Å². The summed E-state index contributed by atoms with van der Waals surface area (Å²) < 4.78 is 5.22. The maximum atomic E-state index is 13.3. The van der Waals surface area contributed by atoms with Crippen LogP contribution in [0.25, 0.3) is 0 Å². The number of esters is 1. The largest absolute Gasteiger partial charge is 0.427 e. The van der Waals surface area contributed by atoms with Crippen LogP contribution in [0.4, 0.5) is 10.5 Å². The summed E-state index contributed by atoms with van der Waals surface area (Å²) in [6, 6.07) is 35.5. The van der Waals surface area contributed by atoms with Crippen LogP contribution in [-0.2, 0) is 17.8 Å². The second-order valence-electron chi connectivity index (χ2n) is 8.55. The van der Waals surface area contributed by atoms with E-state index in [2.05, 4.69) is 17.4 Å². The SMILES string of the molecule is CC(=O)Oc1cccc(Sc2cccc(N(CCCc3ccccc3)C(=O)NCc3ccccc3)c2)c1. The Balaban J connectivity index is 1.49. The first-order valence-electron chi connectivity index (χ1n) is 12.3. The molecule has 4 aromatic rings. The molecule has 1 N–H and O–H groups in total. The molecule has 0 aliphatic heterocycles. The molecule has 0 fully saturated rings. The molecule has 0 aliphatic carbocycles. The maximum absolute atomic E-state index is 13.3. The number of hydrogen-bond donors (Lipinski definition) is 1. The van der Waals surface area contributed by atoms with Crippen LogP contribution in [0.5, 0.6) is 5.75 Å². The zero-order chi connectivity index (χ0) is 25.9. The van der Waals surface area contributed by atoms with Gasteiger partial charge in [-0.1, -0.05) is 84.6 Å². The highest BCUT2D eigenvalue weighted by atomic mass is 32.2. The van der Waals surface area contributed by atoms with E-state index in [1.807, 2.05) is 95.9 Å². The van der Waals surface area contributed by atoms with Crippen molar-refractivity contribution in [3.05, 3.63) is 120 Å². The minimum absolute atomic E-state index is 0.129. The molecular weight excluding hydrogens is 480 g/mol. The summed E-state index contributed by atoms with van der Waals surface area (Å²) in [5.74, 6) is 0.160. The van der Waals surface area contributed by atoms with Gasteiger partial charge < -0.3 is 10.1 Å². The number of nitrogens with zero attached hydrogens (tertiary/aromatic N) is 1. The number of rotatable bonds is 10. The molecule has 37 heavy (non-hydrogen) atoms. The lowest BCUT2D eigenvalue weighted by molar-refractivity contribution is -0.131. The van der Waals surface area contributed by atoms with Gasteiger partial charge in [0.2, 0.25) is 0 Å². The zero-order valence-electron chi connectivity index (χ0n) is 20.8. The predicted molar refractivity (Wildman–Crippen MR) is 149 cm³/mol. The average Bonchev–Trinajstić information content (AvgIpc) is 2.91. The molecular formula is C31H30N2O3S. The van der Waals surface area contributed by atoms with Crippen LogP contribution < -0.4 is 15.0 Å². The van der Waals surface area contributed by atoms with Crippen molar-refractivity contribution < 1.29 is 14.3 Å². The Labute approximate surface area is 222 Å². The minimum atomic E-state index is -0.350. The smallest absolute Gasteiger partial charge is 0.322 e. The van der Waals surface area contributed by atoms with Crippen molar-refractivity contribution in [1.29, 1.82) is 0 Å². The van der Waals surface area contributed by atoms with Gasteiger partial charge in [-0.25, -0.2) is 4.79 Å². The Morgan fingerprint density at radius 3 is 2.14 bits per heavy atom. The molecule has 0 aliphatic rings. The number of urea groups is 1. The quantitative estimate of drug-likeness (QED) is 0.182. The minimum Gasteiger partial charge on any atom is -0.427 e. The molecule has 0 heterocycles. The van der Waals surface area contributed by atoms with Gasteiger partial charge in [-0.3, -0.25) is 9.69 Å². The Hall–Kier alpha value is -4.03. The molecule has 0 unspecified atom stereocenters. The van der Waals surface area contributed by atoms with Gasteiger partial charge in [-0.05, 0) is 60.4 Å². The fourth-order valence-corrected chi connectivity index (χ4v) is 4.84. The lowest BCUT2D eigenvalue weighted by Crippen LogP contribution is -2.40. The van der Waals surface area contributed by atoms with E-state index >= 15 is 0 Å². The third-order valence-corrected chi connectivity index (χ3v) is 6.63. The summed E-state index contributed by atoms with van der Waals surface area (Å²) in [5.41, 5.74) is 3.14. The van der Waals surface area contributed by atoms with Crippen LogP contribution in [0, 0.1) is 0 Å². The molecule has 6 heteroatoms. The number of ether oxygens (including phenoxy) is 1. The maximum Gasteiger partial charge on any atom is 0.322 e. The van der Waals surface area contributed by atoms with Gasteiger partial charge in [0.25, 0.3) is 0 Å². The third kappa shape index (κ3) is 8.26. The lowest BCUT2D eigenvalue weighted by atomic mass is 10.1. The summed E-state index contributed by atoms with van der Waals surface area (Å²) in [7, 11) is 0. The molecule has 0 radical (unpaired) electrons. The average molecular weight is 511 g/mol. The topological polar surface area (TPSA) is 58.6 Å². The third-order valence-electron chi connectivity index (χ3n) is 5.65. The first-order chi connectivity index (χ1) is 18.1. The molecule has 0 saturated heterocycles. The van der Waals surface area contributed by atoms with Gasteiger partial charge in [-0.2, -0.15) is 0 Å². The van der Waals surface area contributed by atoms with Gasteiger partial charge in [0, 0.05) is 35.5 Å². The monoisotopic (exact) mass is 510 g/mol. The fourth-order valence-electron chi connectivity index (χ4n) is 3.92. The van der Waals surface area contributed by atoms with Crippen molar-refractivity contribution in [1.82, 2.24) is 5.32 Å². The zero-order valence-corrected chi connectivity index (χ0v) is 21.6. The fraction of sp³-hybridized carbons (Fsp3) is 0.161. The molecule has 0 aromatic heterocycles. The van der Waals surface area contributed by atoms with E-state index in [-0.39, 0.29) is 12.0 Å². The molecule has 0 saturated carbocycles. The summed E-state index contributed by atoms with van der Waals surface area (Å²) in [4.78, 5) is 28.4. The second-order valence-corrected chi connectivity index (χ2v) is 9.70. The van der Waals surface area contributed by atoms with Gasteiger partial charge in [0.05, 0.1) is 0 Å². The number of carbonyl (C=O) groups excluding carboxylic acids is 2. The summed E-state index contributed by atoms with van der Waals surface area (Å²) in [6.07, 6.45) is 1.73. The summed E-state index contributed by atoms with van der Waals surface area (Å²) in [5, 5.41) is 3.07. The normalized spacial score (nSPS) is 10.5. The molecule has 5 nitrogen and oxygen atoms in total. The Kier molecular flexibility index (Phi) is 9.38. The van der Waals surface area contributed by atoms with Crippen molar-refractivity contribution in [2.75, 3.05) is 11.4 Å². The van der Waals surface area contributed by atoms with E-state index in [9.17, 15) is 9.59 Å². The van der Waals surface area contributed by atoms with Crippen molar-refractivity contribution in [2.45, 2.75) is 36.1 Å². The van der Waals surface area contributed by atoms with Crippen molar-refractivity contribution >= 4 is 29.4 Å². The van der Waals surface area contributed by atoms with E-state index in [1.54, 1.807) is 17.8 Å². The van der Waals surface area contributed by atoms with E-state index in [0.717, 1.165) is 33.9 Å². The molecule has 2 amide bonds. The van der Waals surface area contributed by atoms with Gasteiger partial charge in [-0.15, -0.1) is 0 Å². The Morgan fingerprint density at radius 1 is 0.784 bits per heavy atom. The van der Waals surface area contributed by atoms with Crippen LogP contribution in [0.15, 0.2) is 119 Å². The van der Waals surface area contributed by atoms with E-state index in [0.29, 0.717) is 18.8 Å². The highest BCUT2D eigenvalue weighted by Gasteiger charge is 2.16. The van der Waals surface area contributed by atoms with Crippen LogP contribution in [-0.4, -0.2) is 18.5 Å². The van der Waals surface area contributed by atoms with Crippen molar-refractivity contribution in [2.24, 2.45) is 0 Å². The van der Waals surface area contributed by atoms with E-state index in [4.69, 9.17) is 4.74 Å². The Bertz CT molecular complexity index is 1310. The molecule has 188 valence electrons. The first-order valence-corrected chi connectivity index (χ1v) is 13.1. The second kappa shape index (κ2) is 13.3. The standard InChI is InChI=1S/C31H30N2O3S/c1-24(34)36-28-17-9-19-30(22-28)37-29-18-8-16-27(21-29)33(20-10-15-25-11-4-2-5-12-25)31(35)32-23-26-13-6-3-7-14-26/h2-9,11-14,16-19,21-22H,10,15,20,23H2,1H3,(H,32,35). The van der Waals surface area contributed by atoms with E-state index in [1.165, 1.54) is 12.5 Å². The van der Waals surface area contributed by atoms with Crippen molar-refractivity contribution in [3.8, 4) is 5.75 Å². The van der Waals surface area contributed by atoms with Gasteiger partial charge in [0.1, 0.15) is 5.75 Å². The van der Waals surface area contributed by atoms with Crippen LogP contribution in [0.3, 0.4) is 0 Å². The first kappa shape index (κ1) is 26.0. The molecule has 0 atom stereocenters. The molecule has 0 bridgehead atoms. The molecule has 4 aromatic carbocycles. The number of benzene rings is 4. The van der Waals surface area contributed by atoms with Crippen LogP contribution in [0.2, 0.25) is 0 Å². The van der Waals surface area contributed by atoms with E-state index < -0.39 is 0 Å². The lowest BCUT2D eigenvalue weighted by Gasteiger charge is -2.24. The molecule has 0 spiro atoms. The van der Waals surface area contributed by atoms with Crippen LogP contribution in [0.1, 0.15) is 24.5 Å². The summed E-state index contributed by atoms with van der Waals surface area (Å²) >= 11 is 1.55. The number of aryl methyl sites for hydroxylation is 1. The highest BCUT2D eigenvalue weighted by molar-refractivity contribution is 7.99. The predicted octanol–water partition coefficient (Wildman–Crippen LogP) is 7.11. The number of nitrogens with one attached hydrogen (secondary N) is 1. The number of hydrogen-bond acceptors (Lipinski definition) is 4. The number of anilines is 1. The summed E-state index contributed by atoms with van der Waals surface area (Å²) in [6.45, 7) is 2.44. The van der Waals surface area contributed by atoms with Crippen LogP contribution >= 0.6 is 11.8 Å². The van der Waals surface area contributed by atoms with Crippen molar-refractivity contribution in [3.63, 3.8) is 0 Å². The number of amides is 2. The Morgan fingerprint density at radius 2 is 1.43 bits per heavy atom. The number of carbonyl (C=O) groups is 2. The highest BCUT2D eigenvalue weighted by Crippen LogP contribution is 2.32. The molecule has 4 rings (SSSR count).